The van der Waals surface area contributed by atoms with Gasteiger partial charge in [0.15, 0.2) is 15.5 Å². The van der Waals surface area contributed by atoms with Crippen LogP contribution in [-0.2, 0) is 16.3 Å². The number of likely N-dealkylation sites (tertiary alicyclic amines) is 1. The highest BCUT2D eigenvalue weighted by atomic mass is 32.2. The summed E-state index contributed by atoms with van der Waals surface area (Å²) in [7, 11) is -0.946. The van der Waals surface area contributed by atoms with E-state index < -0.39 is 14.6 Å². The van der Waals surface area contributed by atoms with Crippen molar-refractivity contribution in [3.63, 3.8) is 0 Å². The molecule has 4 fully saturated rings. The summed E-state index contributed by atoms with van der Waals surface area (Å²) >= 11 is 0. The number of carbonyl (C=O) groups excluding carboxylic acids is 1. The third-order valence-corrected chi connectivity index (χ3v) is 11.2. The number of carbonyl (C=O) groups is 1. The summed E-state index contributed by atoms with van der Waals surface area (Å²) in [4.78, 5) is 14.8. The van der Waals surface area contributed by atoms with E-state index in [0.29, 0.717) is 47.3 Å². The Labute approximate surface area is 178 Å². The summed E-state index contributed by atoms with van der Waals surface area (Å²) in [6.07, 6.45) is 6.06. The number of nitrogens with one attached hydrogen (secondary N) is 1. The first-order chi connectivity index (χ1) is 14.3. The van der Waals surface area contributed by atoms with Crippen LogP contribution in [0.25, 0.3) is 0 Å². The molecule has 8 heteroatoms. The van der Waals surface area contributed by atoms with Crippen LogP contribution in [0.4, 0.5) is 0 Å². The smallest absolute Gasteiger partial charge is 0.273 e. The number of amides is 1. The lowest BCUT2D eigenvalue weighted by Crippen LogP contribution is -2.73. The summed E-state index contributed by atoms with van der Waals surface area (Å²) in [6, 6.07) is 1.81. The maximum Gasteiger partial charge on any atom is 0.273 e. The molecule has 1 saturated heterocycles. The van der Waals surface area contributed by atoms with E-state index in [1.807, 2.05) is 6.92 Å². The van der Waals surface area contributed by atoms with Crippen molar-refractivity contribution < 1.29 is 17.7 Å². The molecule has 0 spiro atoms. The van der Waals surface area contributed by atoms with Crippen LogP contribution in [0.15, 0.2) is 10.6 Å². The van der Waals surface area contributed by atoms with Gasteiger partial charge in [-0.05, 0) is 82.3 Å². The van der Waals surface area contributed by atoms with Crippen molar-refractivity contribution in [3.05, 3.63) is 17.5 Å². The molecule has 2 unspecified atom stereocenters. The van der Waals surface area contributed by atoms with Gasteiger partial charge in [0.1, 0.15) is 5.76 Å². The normalized spacial score (nSPS) is 36.5. The zero-order valence-electron chi connectivity index (χ0n) is 18.0. The fourth-order valence-electron chi connectivity index (χ4n) is 6.84. The summed E-state index contributed by atoms with van der Waals surface area (Å²) in [5.41, 5.74) is 0.339. The Hall–Kier alpha value is -1.41. The van der Waals surface area contributed by atoms with E-state index in [0.717, 1.165) is 51.6 Å². The van der Waals surface area contributed by atoms with Gasteiger partial charge in [-0.15, -0.1) is 0 Å². The van der Waals surface area contributed by atoms with Crippen molar-refractivity contribution >= 4 is 15.7 Å². The average Bonchev–Trinajstić information content (AvgIpc) is 3.15. The molecule has 1 aromatic rings. The number of hydrogen-bond donors (Lipinski definition) is 1. The first-order valence-corrected chi connectivity index (χ1v) is 13.1. The van der Waals surface area contributed by atoms with E-state index in [1.54, 1.807) is 6.07 Å². The molecule has 2 heterocycles. The molecular weight excluding hydrogens is 402 g/mol. The Kier molecular flexibility index (Phi) is 5.01. The maximum atomic E-state index is 13.4. The molecule has 1 N–H and O–H groups in total. The van der Waals surface area contributed by atoms with Crippen molar-refractivity contribution in [2.24, 2.45) is 23.7 Å². The summed E-state index contributed by atoms with van der Waals surface area (Å²) in [5, 5.41) is 6.98. The highest BCUT2D eigenvalue weighted by molar-refractivity contribution is 7.92. The summed E-state index contributed by atoms with van der Waals surface area (Å²) in [6.45, 7) is 3.98. The molecule has 0 bridgehead atoms. The molecule has 166 valence electrons. The van der Waals surface area contributed by atoms with E-state index in [9.17, 15) is 13.2 Å². The molecule has 0 aromatic carbocycles. The van der Waals surface area contributed by atoms with E-state index in [-0.39, 0.29) is 11.9 Å². The lowest BCUT2D eigenvalue weighted by atomic mass is 9.42. The van der Waals surface area contributed by atoms with Crippen molar-refractivity contribution in [2.45, 2.75) is 62.7 Å². The molecule has 0 radical (unpaired) electrons. The molecule has 4 aliphatic rings. The second kappa shape index (κ2) is 7.33. The third kappa shape index (κ3) is 3.22. The molecule has 1 aromatic heterocycles. The van der Waals surface area contributed by atoms with Crippen LogP contribution in [0, 0.1) is 23.7 Å². The van der Waals surface area contributed by atoms with Gasteiger partial charge in [-0.3, -0.25) is 4.79 Å². The zero-order valence-corrected chi connectivity index (χ0v) is 18.8. The molecule has 1 amide bonds. The largest absolute Gasteiger partial charge is 0.361 e. The van der Waals surface area contributed by atoms with Gasteiger partial charge >= 0.3 is 0 Å². The molecule has 3 aliphatic carbocycles. The van der Waals surface area contributed by atoms with Crippen LogP contribution < -0.4 is 5.32 Å². The number of sulfone groups is 1. The van der Waals surface area contributed by atoms with Crippen LogP contribution >= 0.6 is 0 Å². The van der Waals surface area contributed by atoms with Crippen LogP contribution in [0.5, 0.6) is 0 Å². The number of aromatic nitrogens is 1. The first kappa shape index (κ1) is 20.5. The van der Waals surface area contributed by atoms with Crippen molar-refractivity contribution in [1.29, 1.82) is 0 Å². The predicted octanol–water partition coefficient (Wildman–Crippen LogP) is 2.28. The number of piperidine rings is 1. The summed E-state index contributed by atoms with van der Waals surface area (Å²) < 4.78 is 31.4. The Morgan fingerprint density at radius 2 is 1.93 bits per heavy atom. The van der Waals surface area contributed by atoms with Gasteiger partial charge in [-0.2, -0.15) is 0 Å². The molecule has 7 nitrogen and oxygen atoms in total. The van der Waals surface area contributed by atoms with Crippen LogP contribution in [0.3, 0.4) is 0 Å². The van der Waals surface area contributed by atoms with E-state index in [1.165, 1.54) is 0 Å². The molecule has 2 atom stereocenters. The standard InChI is InChI=1S/C22H33N3O4S/c1-3-18-10-19(24-29-18)21(26)23-17-8-15-11-22(12-16(9-17)20(15)22)30(27,28)13-14-4-6-25(2)7-5-14/h10,14-17,20H,3-9,11-13H2,1-2H3,(H,23,26). The highest BCUT2D eigenvalue weighted by Gasteiger charge is 2.72. The van der Waals surface area contributed by atoms with Gasteiger partial charge < -0.3 is 14.7 Å². The van der Waals surface area contributed by atoms with Gasteiger partial charge in [0.05, 0.1) is 10.5 Å². The second-order valence-electron chi connectivity index (χ2n) is 10.2. The maximum absolute atomic E-state index is 13.4. The topological polar surface area (TPSA) is 92.5 Å². The molecule has 3 saturated carbocycles. The summed E-state index contributed by atoms with van der Waals surface area (Å²) in [5.74, 6) is 2.41. The lowest BCUT2D eigenvalue weighted by molar-refractivity contribution is -0.106. The van der Waals surface area contributed by atoms with Crippen molar-refractivity contribution in [1.82, 2.24) is 15.4 Å². The zero-order chi connectivity index (χ0) is 21.1. The Morgan fingerprint density at radius 1 is 1.27 bits per heavy atom. The minimum Gasteiger partial charge on any atom is -0.361 e. The fourth-order valence-corrected chi connectivity index (χ4v) is 9.86. The quantitative estimate of drug-likeness (QED) is 0.737. The van der Waals surface area contributed by atoms with E-state index in [2.05, 4.69) is 22.4 Å². The van der Waals surface area contributed by atoms with E-state index >= 15 is 0 Å². The van der Waals surface area contributed by atoms with Crippen molar-refractivity contribution in [3.8, 4) is 0 Å². The number of nitrogens with zero attached hydrogens (tertiary/aromatic N) is 2. The Bertz CT molecular complexity index is 903. The second-order valence-corrected chi connectivity index (χ2v) is 12.6. The van der Waals surface area contributed by atoms with Crippen LogP contribution in [-0.4, -0.2) is 61.1 Å². The first-order valence-electron chi connectivity index (χ1n) is 11.5. The van der Waals surface area contributed by atoms with Gasteiger partial charge in [0, 0.05) is 18.5 Å². The molecule has 5 rings (SSSR count). The SMILES string of the molecule is CCc1cc(C(=O)NC2CC3CC4(S(=O)(=O)CC5CCN(C)CC5)CC(C2)C34)no1. The van der Waals surface area contributed by atoms with Gasteiger partial charge in [0.2, 0.25) is 0 Å². The number of aryl methyl sites for hydroxylation is 1. The Balaban J connectivity index is 1.18. The molecule has 30 heavy (non-hydrogen) atoms. The molecular formula is C22H33N3O4S. The minimum absolute atomic E-state index is 0.111. The number of rotatable bonds is 6. The lowest BCUT2D eigenvalue weighted by Gasteiger charge is -2.70. The Morgan fingerprint density at radius 3 is 2.53 bits per heavy atom. The van der Waals surface area contributed by atoms with Gasteiger partial charge in [-0.25, -0.2) is 8.42 Å². The van der Waals surface area contributed by atoms with Gasteiger partial charge in [-0.1, -0.05) is 12.1 Å². The minimum atomic E-state index is -3.06. The number of hydrogen-bond acceptors (Lipinski definition) is 6. The molecule has 1 aliphatic heterocycles. The average molecular weight is 436 g/mol. The van der Waals surface area contributed by atoms with Crippen LogP contribution in [0.2, 0.25) is 0 Å². The predicted molar refractivity (Wildman–Crippen MR) is 113 cm³/mol. The third-order valence-electron chi connectivity index (χ3n) is 8.40. The highest BCUT2D eigenvalue weighted by Crippen LogP contribution is 2.69. The van der Waals surface area contributed by atoms with Crippen LogP contribution in [0.1, 0.15) is 61.7 Å². The fraction of sp³-hybridized carbons (Fsp3) is 0.818. The van der Waals surface area contributed by atoms with E-state index in [4.69, 9.17) is 4.52 Å². The van der Waals surface area contributed by atoms with Crippen molar-refractivity contribution in [2.75, 3.05) is 25.9 Å². The monoisotopic (exact) mass is 435 g/mol. The van der Waals surface area contributed by atoms with Gasteiger partial charge in [0.25, 0.3) is 5.91 Å².